The van der Waals surface area contributed by atoms with Gasteiger partial charge in [-0.15, -0.1) is 0 Å². The average Bonchev–Trinajstić information content (AvgIpc) is 3.49. The van der Waals surface area contributed by atoms with Gasteiger partial charge in [0.05, 0.1) is 23.9 Å². The number of H-pyrrole nitrogens is 1. The molecule has 4 N–H and O–H groups in total. The molecule has 3 heterocycles. The number of anilines is 1. The number of nitrogens with one attached hydrogen (secondary N) is 4. The van der Waals surface area contributed by atoms with Crippen LogP contribution in [0.3, 0.4) is 0 Å². The Balaban J connectivity index is 1.42. The third kappa shape index (κ3) is 4.25. The highest BCUT2D eigenvalue weighted by Gasteiger charge is 2.29. The molecule has 1 aliphatic carbocycles. The number of ether oxygens (including phenoxy) is 1. The second-order valence-corrected chi connectivity index (χ2v) is 8.17. The number of halogens is 1. The Morgan fingerprint density at radius 3 is 2.73 bits per heavy atom. The van der Waals surface area contributed by atoms with Crippen molar-refractivity contribution in [1.82, 2.24) is 20.6 Å². The van der Waals surface area contributed by atoms with Crippen LogP contribution in [-0.2, 0) is 0 Å². The molecule has 1 unspecified atom stereocenters. The summed E-state index contributed by atoms with van der Waals surface area (Å²) in [5.41, 5.74) is 3.77. The van der Waals surface area contributed by atoms with Gasteiger partial charge in [0.1, 0.15) is 23.8 Å². The first-order chi connectivity index (χ1) is 16.1. The third-order valence-corrected chi connectivity index (χ3v) is 6.09. The van der Waals surface area contributed by atoms with Gasteiger partial charge in [0.15, 0.2) is 0 Å². The maximum absolute atomic E-state index is 13.2. The monoisotopic (exact) mass is 445 g/mol. The molecule has 0 radical (unpaired) electrons. The first-order valence-electron chi connectivity index (χ1n) is 10.9. The summed E-state index contributed by atoms with van der Waals surface area (Å²) in [7, 11) is 1.59. The summed E-state index contributed by atoms with van der Waals surface area (Å²) in [4.78, 5) is 11.5. The van der Waals surface area contributed by atoms with Crippen molar-refractivity contribution >= 4 is 17.5 Å². The van der Waals surface area contributed by atoms with Crippen LogP contribution in [0.1, 0.15) is 43.0 Å². The number of guanidine groups is 1. The third-order valence-electron chi connectivity index (χ3n) is 6.09. The molecular weight excluding hydrogens is 421 g/mol. The van der Waals surface area contributed by atoms with Gasteiger partial charge in [-0.2, -0.15) is 14.6 Å². The van der Waals surface area contributed by atoms with Crippen LogP contribution in [0.15, 0.2) is 47.7 Å². The minimum absolute atomic E-state index is 0.237. The molecule has 0 saturated heterocycles. The Labute approximate surface area is 190 Å². The summed E-state index contributed by atoms with van der Waals surface area (Å²) in [5, 5.41) is 19.9. The van der Waals surface area contributed by atoms with E-state index in [1.165, 1.54) is 25.1 Å². The van der Waals surface area contributed by atoms with Crippen molar-refractivity contribution in [3.63, 3.8) is 0 Å². The molecule has 9 heteroatoms. The number of nitrogens with zero attached hydrogens (tertiary/aromatic N) is 3. The van der Waals surface area contributed by atoms with Gasteiger partial charge in [0.2, 0.25) is 11.9 Å². The molecule has 168 valence electrons. The zero-order chi connectivity index (χ0) is 22.8. The number of aliphatic imine (C=N–C) groups is 1. The van der Waals surface area contributed by atoms with Gasteiger partial charge in [-0.25, -0.2) is 4.98 Å². The number of hydrogen-bond donors (Lipinski definition) is 4. The highest BCUT2D eigenvalue weighted by Crippen LogP contribution is 2.34. The highest BCUT2D eigenvalue weighted by molar-refractivity contribution is 5.98. The van der Waals surface area contributed by atoms with Crippen molar-refractivity contribution in [3.05, 3.63) is 59.8 Å². The minimum atomic E-state index is -0.519. The number of fused-ring (bicyclic) bond motifs is 1. The fourth-order valence-corrected chi connectivity index (χ4v) is 4.42. The van der Waals surface area contributed by atoms with Crippen LogP contribution in [0, 0.1) is 17.3 Å². The molecule has 0 bridgehead atoms. The van der Waals surface area contributed by atoms with E-state index >= 15 is 0 Å². The first kappa shape index (κ1) is 21.0. The van der Waals surface area contributed by atoms with Gasteiger partial charge >= 0.3 is 0 Å². The summed E-state index contributed by atoms with van der Waals surface area (Å²) in [5.74, 6) is 1.28. The maximum atomic E-state index is 13.2. The summed E-state index contributed by atoms with van der Waals surface area (Å²) < 4.78 is 18.8. The van der Waals surface area contributed by atoms with E-state index in [1.807, 2.05) is 18.2 Å². The van der Waals surface area contributed by atoms with Crippen molar-refractivity contribution < 1.29 is 9.13 Å². The van der Waals surface area contributed by atoms with Crippen LogP contribution in [-0.4, -0.2) is 29.1 Å². The summed E-state index contributed by atoms with van der Waals surface area (Å²) >= 11 is 0. The molecule has 0 amide bonds. The van der Waals surface area contributed by atoms with Gasteiger partial charge in [0, 0.05) is 24.0 Å². The van der Waals surface area contributed by atoms with Crippen LogP contribution >= 0.6 is 0 Å². The smallest absolute Gasteiger partial charge is 0.212 e. The lowest BCUT2D eigenvalue weighted by molar-refractivity contribution is 0.414. The predicted molar refractivity (Wildman–Crippen MR) is 124 cm³/mol. The molecule has 3 aromatic rings. The molecule has 5 rings (SSSR count). The van der Waals surface area contributed by atoms with Crippen LogP contribution < -0.4 is 20.7 Å². The number of aromatic amines is 1. The molecular formula is C24H24FN7O. The average molecular weight is 446 g/mol. The fraction of sp³-hybridized carbons (Fsp3) is 0.292. The Kier molecular flexibility index (Phi) is 5.67. The topological polar surface area (TPSA) is 110 Å². The van der Waals surface area contributed by atoms with E-state index in [1.54, 1.807) is 19.4 Å². The SMILES string of the molecule is COc1cc(-c2ccc(F)nc2)ccc1NC1=Nc2[nH]cc(C#N)c2C(NC2CCCC2)N1. The van der Waals surface area contributed by atoms with E-state index in [2.05, 4.69) is 37.0 Å². The Morgan fingerprint density at radius 2 is 2.00 bits per heavy atom. The Hall–Kier alpha value is -3.90. The molecule has 2 aliphatic rings. The summed E-state index contributed by atoms with van der Waals surface area (Å²) in [6.07, 6.45) is 7.60. The zero-order valence-electron chi connectivity index (χ0n) is 18.2. The minimum Gasteiger partial charge on any atom is -0.495 e. The van der Waals surface area contributed by atoms with Crippen molar-refractivity contribution in [3.8, 4) is 22.9 Å². The number of aromatic nitrogens is 2. The Morgan fingerprint density at radius 1 is 1.18 bits per heavy atom. The lowest BCUT2D eigenvalue weighted by Gasteiger charge is -2.29. The molecule has 8 nitrogen and oxygen atoms in total. The van der Waals surface area contributed by atoms with Crippen molar-refractivity contribution in [2.75, 3.05) is 12.4 Å². The Bertz CT molecular complexity index is 1220. The number of methoxy groups -OCH3 is 1. The summed E-state index contributed by atoms with van der Waals surface area (Å²) in [6, 6.07) is 11.3. The van der Waals surface area contributed by atoms with E-state index in [0.717, 1.165) is 35.2 Å². The molecule has 1 saturated carbocycles. The molecule has 1 aromatic carbocycles. The zero-order valence-corrected chi connectivity index (χ0v) is 18.2. The number of rotatable bonds is 5. The summed E-state index contributed by atoms with van der Waals surface area (Å²) in [6.45, 7) is 0. The first-order valence-corrected chi connectivity index (χ1v) is 10.9. The number of pyridine rings is 1. The van der Waals surface area contributed by atoms with Gasteiger partial charge in [-0.05, 0) is 42.7 Å². The van der Waals surface area contributed by atoms with E-state index in [-0.39, 0.29) is 6.17 Å². The lowest BCUT2D eigenvalue weighted by Crippen LogP contribution is -2.46. The molecule has 2 aromatic heterocycles. The van der Waals surface area contributed by atoms with Crippen molar-refractivity contribution in [2.24, 2.45) is 4.99 Å². The normalized spacial score (nSPS) is 17.6. The van der Waals surface area contributed by atoms with Crippen molar-refractivity contribution in [2.45, 2.75) is 37.9 Å². The largest absolute Gasteiger partial charge is 0.495 e. The standard InChI is InChI=1S/C24H24FN7O/c1-33-19-10-14(15-7-9-20(25)27-12-15)6-8-18(19)30-24-31-22-21(16(11-26)13-28-22)23(32-24)29-17-4-2-3-5-17/h6-10,12-13,17,23,28-29H,2-5H2,1H3,(H2,30,31,32). The highest BCUT2D eigenvalue weighted by atomic mass is 19.1. The number of nitriles is 1. The molecule has 1 aliphatic heterocycles. The molecule has 1 atom stereocenters. The van der Waals surface area contributed by atoms with Crippen LogP contribution in [0.5, 0.6) is 5.75 Å². The van der Waals surface area contributed by atoms with Crippen LogP contribution in [0.25, 0.3) is 11.1 Å². The van der Waals surface area contributed by atoms with Crippen molar-refractivity contribution in [1.29, 1.82) is 5.26 Å². The van der Waals surface area contributed by atoms with Crippen LogP contribution in [0.2, 0.25) is 0 Å². The van der Waals surface area contributed by atoms with Gasteiger partial charge in [0.25, 0.3) is 0 Å². The lowest BCUT2D eigenvalue weighted by atomic mass is 10.1. The fourth-order valence-electron chi connectivity index (χ4n) is 4.42. The molecule has 1 fully saturated rings. The van der Waals surface area contributed by atoms with Gasteiger partial charge in [-0.1, -0.05) is 18.9 Å². The van der Waals surface area contributed by atoms with Crippen LogP contribution in [0.4, 0.5) is 15.9 Å². The van der Waals surface area contributed by atoms with Gasteiger partial charge in [-0.3, -0.25) is 5.32 Å². The number of benzene rings is 1. The second-order valence-electron chi connectivity index (χ2n) is 8.17. The second kappa shape index (κ2) is 8.92. The van der Waals surface area contributed by atoms with E-state index in [4.69, 9.17) is 4.74 Å². The quantitative estimate of drug-likeness (QED) is 0.435. The maximum Gasteiger partial charge on any atom is 0.212 e. The van der Waals surface area contributed by atoms with E-state index < -0.39 is 5.95 Å². The van der Waals surface area contributed by atoms with E-state index in [0.29, 0.717) is 29.1 Å². The molecule has 33 heavy (non-hydrogen) atoms. The van der Waals surface area contributed by atoms with Gasteiger partial charge < -0.3 is 20.4 Å². The predicted octanol–water partition coefficient (Wildman–Crippen LogP) is 4.33. The molecule has 0 spiro atoms. The van der Waals surface area contributed by atoms with E-state index in [9.17, 15) is 9.65 Å². The number of hydrogen-bond acceptors (Lipinski definition) is 7.